The number of fused-ring (bicyclic) bond motifs is 2. The Labute approximate surface area is 138 Å². The summed E-state index contributed by atoms with van der Waals surface area (Å²) in [5, 5.41) is 13.3. The molecule has 1 unspecified atom stereocenters. The first kappa shape index (κ1) is 14.5. The molecule has 1 atom stereocenters. The number of nitrogens with zero attached hydrogens (tertiary/aromatic N) is 1. The summed E-state index contributed by atoms with van der Waals surface area (Å²) in [6.07, 6.45) is 1.17. The highest BCUT2D eigenvalue weighted by molar-refractivity contribution is 6.00. The molecule has 3 N–H and O–H groups in total. The maximum atomic E-state index is 12.1. The van der Waals surface area contributed by atoms with Gasteiger partial charge in [0.05, 0.1) is 30.6 Å². The molecule has 1 aliphatic rings. The third-order valence-electron chi connectivity index (χ3n) is 3.82. The summed E-state index contributed by atoms with van der Waals surface area (Å²) in [6, 6.07) is 12.9. The molecule has 2 aromatic carbocycles. The Hall–Kier alpha value is -3.06. The zero-order valence-electron chi connectivity index (χ0n) is 12.8. The van der Waals surface area contributed by atoms with E-state index in [4.69, 9.17) is 9.47 Å². The van der Waals surface area contributed by atoms with Crippen LogP contribution >= 0.6 is 0 Å². The van der Waals surface area contributed by atoms with Crippen LogP contribution in [0, 0.1) is 0 Å². The number of aromatic nitrogens is 2. The van der Waals surface area contributed by atoms with Gasteiger partial charge in [0, 0.05) is 10.9 Å². The van der Waals surface area contributed by atoms with Gasteiger partial charge in [-0.2, -0.15) is 5.10 Å². The number of hydrogen-bond acceptors (Lipinski definition) is 4. The largest absolute Gasteiger partial charge is 0.463 e. The van der Waals surface area contributed by atoms with Gasteiger partial charge in [0.15, 0.2) is 0 Å². The summed E-state index contributed by atoms with van der Waals surface area (Å²) >= 11 is 0. The van der Waals surface area contributed by atoms with Gasteiger partial charge in [0.2, 0.25) is 6.29 Å². The van der Waals surface area contributed by atoms with Gasteiger partial charge in [-0.25, -0.2) is 4.79 Å². The van der Waals surface area contributed by atoms with Crippen molar-refractivity contribution in [3.8, 4) is 5.75 Å². The minimum absolute atomic E-state index is 0.252. The third-order valence-corrected chi connectivity index (χ3v) is 3.82. The number of benzene rings is 2. The van der Waals surface area contributed by atoms with Crippen LogP contribution in [0.1, 0.15) is 5.56 Å². The van der Waals surface area contributed by atoms with Crippen LogP contribution in [0.15, 0.2) is 48.7 Å². The number of para-hydroxylation sites is 1. The van der Waals surface area contributed by atoms with Crippen LogP contribution in [0.25, 0.3) is 10.9 Å². The van der Waals surface area contributed by atoms with Crippen molar-refractivity contribution in [3.05, 3.63) is 54.2 Å². The lowest BCUT2D eigenvalue weighted by Crippen LogP contribution is -2.40. The second-order valence-corrected chi connectivity index (χ2v) is 5.44. The second-order valence-electron chi connectivity index (χ2n) is 5.44. The van der Waals surface area contributed by atoms with Gasteiger partial charge in [-0.3, -0.25) is 5.10 Å². The lowest BCUT2D eigenvalue weighted by Gasteiger charge is -2.26. The number of carbonyl (C=O) groups is 1. The Morgan fingerprint density at radius 2 is 2.17 bits per heavy atom. The van der Waals surface area contributed by atoms with Gasteiger partial charge in [-0.05, 0) is 18.2 Å². The molecule has 2 amide bonds. The first-order chi connectivity index (χ1) is 11.8. The van der Waals surface area contributed by atoms with Crippen LogP contribution in [0.2, 0.25) is 0 Å². The van der Waals surface area contributed by atoms with Crippen LogP contribution in [0.3, 0.4) is 0 Å². The molecule has 7 heteroatoms. The lowest BCUT2D eigenvalue weighted by atomic mass is 10.2. The maximum Gasteiger partial charge on any atom is 0.319 e. The number of ether oxygens (including phenoxy) is 2. The van der Waals surface area contributed by atoms with Crippen molar-refractivity contribution in [3.63, 3.8) is 0 Å². The molecule has 0 fully saturated rings. The highest BCUT2D eigenvalue weighted by atomic mass is 16.7. The summed E-state index contributed by atoms with van der Waals surface area (Å²) in [7, 11) is 0. The van der Waals surface area contributed by atoms with Crippen LogP contribution in [-0.4, -0.2) is 29.1 Å². The van der Waals surface area contributed by atoms with E-state index in [2.05, 4.69) is 20.8 Å². The molecule has 3 aromatic rings. The van der Waals surface area contributed by atoms with E-state index in [0.717, 1.165) is 22.2 Å². The van der Waals surface area contributed by atoms with Gasteiger partial charge in [0.1, 0.15) is 5.75 Å². The first-order valence-corrected chi connectivity index (χ1v) is 7.63. The van der Waals surface area contributed by atoms with E-state index in [1.165, 1.54) is 0 Å². The fraction of sp³-hybridized carbons (Fsp3) is 0.176. The van der Waals surface area contributed by atoms with E-state index in [9.17, 15) is 4.79 Å². The van der Waals surface area contributed by atoms with Crippen LogP contribution < -0.4 is 15.4 Å². The number of H-pyrrole nitrogens is 1. The molecule has 122 valence electrons. The Bertz CT molecular complexity index is 877. The zero-order chi connectivity index (χ0) is 16.4. The molecule has 1 aliphatic heterocycles. The number of anilines is 1. The predicted octanol–water partition coefficient (Wildman–Crippen LogP) is 2.62. The average molecular weight is 324 g/mol. The number of amides is 2. The van der Waals surface area contributed by atoms with E-state index < -0.39 is 6.29 Å². The summed E-state index contributed by atoms with van der Waals surface area (Å²) in [5.74, 6) is 0.791. The number of carbonyl (C=O) groups excluding carboxylic acids is 1. The standard InChI is InChI=1S/C17H16N4O3/c22-17(20-13-5-3-6-14-12(13)8-19-21-14)18-9-16-23-10-11-4-1-2-7-15(11)24-16/h1-8,16H,9-10H2,(H,19,21)(H2,18,20,22). The van der Waals surface area contributed by atoms with Crippen molar-refractivity contribution in [2.24, 2.45) is 0 Å². The molecular formula is C17H16N4O3. The van der Waals surface area contributed by atoms with E-state index in [1.807, 2.05) is 42.5 Å². The molecule has 7 nitrogen and oxygen atoms in total. The number of aromatic amines is 1. The smallest absolute Gasteiger partial charge is 0.319 e. The molecule has 0 bridgehead atoms. The van der Waals surface area contributed by atoms with Crippen molar-refractivity contribution in [1.82, 2.24) is 15.5 Å². The van der Waals surface area contributed by atoms with Crippen LogP contribution in [0.5, 0.6) is 5.75 Å². The number of nitrogens with one attached hydrogen (secondary N) is 3. The van der Waals surface area contributed by atoms with Crippen molar-refractivity contribution >= 4 is 22.6 Å². The Morgan fingerprint density at radius 3 is 3.12 bits per heavy atom. The Balaban J connectivity index is 1.35. The molecule has 24 heavy (non-hydrogen) atoms. The summed E-state index contributed by atoms with van der Waals surface area (Å²) in [6.45, 7) is 0.722. The second kappa shape index (κ2) is 6.21. The first-order valence-electron chi connectivity index (χ1n) is 7.63. The van der Waals surface area contributed by atoms with E-state index in [0.29, 0.717) is 12.3 Å². The van der Waals surface area contributed by atoms with Gasteiger partial charge < -0.3 is 20.1 Å². The van der Waals surface area contributed by atoms with Gasteiger partial charge in [-0.1, -0.05) is 24.3 Å². The van der Waals surface area contributed by atoms with Gasteiger partial charge in [-0.15, -0.1) is 0 Å². The summed E-state index contributed by atoms with van der Waals surface area (Å²) in [4.78, 5) is 12.1. The molecule has 0 saturated carbocycles. The summed E-state index contributed by atoms with van der Waals surface area (Å²) < 4.78 is 11.3. The van der Waals surface area contributed by atoms with E-state index >= 15 is 0 Å². The molecule has 2 heterocycles. The van der Waals surface area contributed by atoms with Crippen LogP contribution in [-0.2, 0) is 11.3 Å². The highest BCUT2D eigenvalue weighted by Gasteiger charge is 2.20. The molecule has 0 spiro atoms. The predicted molar refractivity (Wildman–Crippen MR) is 88.8 cm³/mol. The quantitative estimate of drug-likeness (QED) is 0.691. The molecule has 4 rings (SSSR count). The minimum Gasteiger partial charge on any atom is -0.463 e. The van der Waals surface area contributed by atoms with Crippen molar-refractivity contribution in [2.45, 2.75) is 12.9 Å². The van der Waals surface area contributed by atoms with Crippen LogP contribution in [0.4, 0.5) is 10.5 Å². The van der Waals surface area contributed by atoms with Gasteiger partial charge in [0.25, 0.3) is 0 Å². The van der Waals surface area contributed by atoms with E-state index in [-0.39, 0.29) is 12.6 Å². The van der Waals surface area contributed by atoms with Crippen molar-refractivity contribution in [2.75, 3.05) is 11.9 Å². The number of rotatable bonds is 3. The molecule has 1 aromatic heterocycles. The normalized spacial score (nSPS) is 16.2. The maximum absolute atomic E-state index is 12.1. The third kappa shape index (κ3) is 2.89. The lowest BCUT2D eigenvalue weighted by molar-refractivity contribution is -0.103. The molecule has 0 radical (unpaired) electrons. The SMILES string of the molecule is O=C(NCC1OCc2ccccc2O1)Nc1cccc2[nH]ncc12. The fourth-order valence-electron chi connectivity index (χ4n) is 2.62. The average Bonchev–Trinajstić information content (AvgIpc) is 3.10. The van der Waals surface area contributed by atoms with Gasteiger partial charge >= 0.3 is 6.03 Å². The minimum atomic E-state index is -0.504. The number of urea groups is 1. The Morgan fingerprint density at radius 1 is 1.25 bits per heavy atom. The molecule has 0 saturated heterocycles. The van der Waals surface area contributed by atoms with Crippen molar-refractivity contribution in [1.29, 1.82) is 0 Å². The van der Waals surface area contributed by atoms with Crippen molar-refractivity contribution < 1.29 is 14.3 Å². The fourth-order valence-corrected chi connectivity index (χ4v) is 2.62. The summed E-state index contributed by atoms with van der Waals surface area (Å²) in [5.41, 5.74) is 2.56. The van der Waals surface area contributed by atoms with E-state index in [1.54, 1.807) is 6.20 Å². The highest BCUT2D eigenvalue weighted by Crippen LogP contribution is 2.25. The molecular weight excluding hydrogens is 308 g/mol. The topological polar surface area (TPSA) is 88.3 Å². The zero-order valence-corrected chi connectivity index (χ0v) is 12.8. The Kier molecular flexibility index (Phi) is 3.76. The molecule has 0 aliphatic carbocycles. The monoisotopic (exact) mass is 324 g/mol. The number of hydrogen-bond donors (Lipinski definition) is 3.